The number of alkyl halides is 3. The van der Waals surface area contributed by atoms with Gasteiger partial charge in [-0.1, -0.05) is 12.1 Å². The SMILES string of the molecule is O=C(CC(F)(F)F)Nc1cccc(-c2cn3c(n2)CCCC3)c1. The Labute approximate surface area is 131 Å². The maximum Gasteiger partial charge on any atom is 0.397 e. The summed E-state index contributed by atoms with van der Waals surface area (Å²) in [5, 5.41) is 2.28. The molecule has 1 aromatic carbocycles. The molecule has 0 saturated carbocycles. The second-order valence-corrected chi connectivity index (χ2v) is 5.61. The molecule has 2 aromatic rings. The minimum atomic E-state index is -4.51. The number of benzene rings is 1. The summed E-state index contributed by atoms with van der Waals surface area (Å²) in [6.45, 7) is 0.935. The third kappa shape index (κ3) is 3.91. The molecule has 1 aliphatic rings. The van der Waals surface area contributed by atoms with Crippen molar-refractivity contribution in [3.63, 3.8) is 0 Å². The average Bonchev–Trinajstić information content (AvgIpc) is 2.89. The summed E-state index contributed by atoms with van der Waals surface area (Å²) in [5.41, 5.74) is 1.88. The Kier molecular flexibility index (Phi) is 4.11. The molecule has 3 rings (SSSR count). The fraction of sp³-hybridized carbons (Fsp3) is 0.375. The Morgan fingerprint density at radius 1 is 1.30 bits per heavy atom. The number of hydrogen-bond donors (Lipinski definition) is 1. The van der Waals surface area contributed by atoms with E-state index in [0.29, 0.717) is 5.69 Å². The van der Waals surface area contributed by atoms with Crippen LogP contribution in [0.25, 0.3) is 11.3 Å². The highest BCUT2D eigenvalue weighted by atomic mass is 19.4. The van der Waals surface area contributed by atoms with Crippen LogP contribution in [-0.4, -0.2) is 21.6 Å². The predicted octanol–water partition coefficient (Wildman–Crippen LogP) is 3.78. The van der Waals surface area contributed by atoms with E-state index in [0.717, 1.165) is 42.9 Å². The molecule has 0 radical (unpaired) electrons. The lowest BCUT2D eigenvalue weighted by atomic mass is 10.1. The summed E-state index contributed by atoms with van der Waals surface area (Å²) < 4.78 is 38.7. The van der Waals surface area contributed by atoms with Crippen LogP contribution in [0.1, 0.15) is 25.1 Å². The van der Waals surface area contributed by atoms with Gasteiger partial charge >= 0.3 is 6.18 Å². The van der Waals surface area contributed by atoms with Gasteiger partial charge in [0.05, 0.1) is 5.69 Å². The highest BCUT2D eigenvalue weighted by Gasteiger charge is 2.31. The molecule has 0 saturated heterocycles. The topological polar surface area (TPSA) is 46.9 Å². The quantitative estimate of drug-likeness (QED) is 0.934. The smallest absolute Gasteiger partial charge is 0.334 e. The van der Waals surface area contributed by atoms with Crippen LogP contribution in [-0.2, 0) is 17.8 Å². The zero-order valence-corrected chi connectivity index (χ0v) is 12.4. The molecule has 1 aromatic heterocycles. The molecule has 2 heterocycles. The second kappa shape index (κ2) is 6.06. The minimum absolute atomic E-state index is 0.336. The van der Waals surface area contributed by atoms with Crippen LogP contribution in [0.4, 0.5) is 18.9 Å². The maximum atomic E-state index is 12.2. The van der Waals surface area contributed by atoms with E-state index in [2.05, 4.69) is 14.9 Å². The number of nitrogens with zero attached hydrogens (tertiary/aromatic N) is 2. The van der Waals surface area contributed by atoms with Crippen LogP contribution in [0, 0.1) is 0 Å². The van der Waals surface area contributed by atoms with Gasteiger partial charge in [0.2, 0.25) is 5.91 Å². The molecule has 1 N–H and O–H groups in total. The van der Waals surface area contributed by atoms with Crippen molar-refractivity contribution in [2.24, 2.45) is 0 Å². The van der Waals surface area contributed by atoms with Crippen molar-refractivity contribution in [1.82, 2.24) is 9.55 Å². The van der Waals surface area contributed by atoms with E-state index >= 15 is 0 Å². The van der Waals surface area contributed by atoms with Gasteiger partial charge < -0.3 is 9.88 Å². The third-order valence-corrected chi connectivity index (χ3v) is 3.71. The van der Waals surface area contributed by atoms with Crippen LogP contribution < -0.4 is 5.32 Å². The van der Waals surface area contributed by atoms with Crippen LogP contribution in [0.3, 0.4) is 0 Å². The molecule has 0 unspecified atom stereocenters. The van der Waals surface area contributed by atoms with Gasteiger partial charge in [0.15, 0.2) is 0 Å². The highest BCUT2D eigenvalue weighted by molar-refractivity contribution is 5.91. The molecule has 0 bridgehead atoms. The number of anilines is 1. The van der Waals surface area contributed by atoms with Crippen molar-refractivity contribution in [3.05, 3.63) is 36.3 Å². The summed E-state index contributed by atoms with van der Waals surface area (Å²) in [6, 6.07) is 6.72. The van der Waals surface area contributed by atoms with E-state index in [1.54, 1.807) is 18.2 Å². The van der Waals surface area contributed by atoms with Crippen LogP contribution >= 0.6 is 0 Å². The summed E-state index contributed by atoms with van der Waals surface area (Å²) in [4.78, 5) is 16.0. The number of halogens is 3. The number of aromatic nitrogens is 2. The van der Waals surface area contributed by atoms with Crippen molar-refractivity contribution in [1.29, 1.82) is 0 Å². The molecule has 4 nitrogen and oxygen atoms in total. The molecule has 1 aliphatic heterocycles. The lowest BCUT2D eigenvalue weighted by molar-refractivity contribution is -0.150. The summed E-state index contributed by atoms with van der Waals surface area (Å²) >= 11 is 0. The van der Waals surface area contributed by atoms with Crippen LogP contribution in [0.2, 0.25) is 0 Å². The molecule has 0 fully saturated rings. The Morgan fingerprint density at radius 3 is 2.87 bits per heavy atom. The summed E-state index contributed by atoms with van der Waals surface area (Å²) in [7, 11) is 0. The van der Waals surface area contributed by atoms with E-state index in [-0.39, 0.29) is 0 Å². The highest BCUT2D eigenvalue weighted by Crippen LogP contribution is 2.25. The van der Waals surface area contributed by atoms with Gasteiger partial charge in [-0.25, -0.2) is 4.98 Å². The zero-order valence-electron chi connectivity index (χ0n) is 12.4. The first-order chi connectivity index (χ1) is 10.9. The lowest BCUT2D eigenvalue weighted by Crippen LogP contribution is -2.21. The van der Waals surface area contributed by atoms with Crippen molar-refractivity contribution in [2.45, 2.75) is 38.4 Å². The number of aryl methyl sites for hydroxylation is 2. The molecular formula is C16H16F3N3O. The predicted molar refractivity (Wildman–Crippen MR) is 79.9 cm³/mol. The van der Waals surface area contributed by atoms with Crippen molar-refractivity contribution in [3.8, 4) is 11.3 Å². The van der Waals surface area contributed by atoms with E-state index in [9.17, 15) is 18.0 Å². The van der Waals surface area contributed by atoms with Crippen molar-refractivity contribution < 1.29 is 18.0 Å². The number of fused-ring (bicyclic) bond motifs is 1. The van der Waals surface area contributed by atoms with E-state index < -0.39 is 18.5 Å². The Hall–Kier alpha value is -2.31. The van der Waals surface area contributed by atoms with Gasteiger partial charge in [-0.3, -0.25) is 4.79 Å². The van der Waals surface area contributed by atoms with Gasteiger partial charge in [0.25, 0.3) is 0 Å². The van der Waals surface area contributed by atoms with E-state index in [1.807, 2.05) is 12.3 Å². The largest absolute Gasteiger partial charge is 0.397 e. The molecule has 7 heteroatoms. The van der Waals surface area contributed by atoms with E-state index in [1.165, 1.54) is 0 Å². The number of imidazole rings is 1. The molecule has 0 aliphatic carbocycles. The van der Waals surface area contributed by atoms with Crippen molar-refractivity contribution in [2.75, 3.05) is 5.32 Å². The first kappa shape index (κ1) is 15.6. The number of rotatable bonds is 3. The van der Waals surface area contributed by atoms with Crippen LogP contribution in [0.15, 0.2) is 30.5 Å². The molecule has 23 heavy (non-hydrogen) atoms. The number of nitrogens with one attached hydrogen (secondary N) is 1. The number of carbonyl (C=O) groups is 1. The first-order valence-electron chi connectivity index (χ1n) is 7.44. The number of hydrogen-bond acceptors (Lipinski definition) is 2. The van der Waals surface area contributed by atoms with Gasteiger partial charge in [0, 0.05) is 30.4 Å². The van der Waals surface area contributed by atoms with Crippen LogP contribution in [0.5, 0.6) is 0 Å². The van der Waals surface area contributed by atoms with Gasteiger partial charge in [-0.15, -0.1) is 0 Å². The third-order valence-electron chi connectivity index (χ3n) is 3.71. The zero-order chi connectivity index (χ0) is 16.4. The van der Waals surface area contributed by atoms with Gasteiger partial charge in [-0.2, -0.15) is 13.2 Å². The van der Waals surface area contributed by atoms with E-state index in [4.69, 9.17) is 0 Å². The average molecular weight is 323 g/mol. The van der Waals surface area contributed by atoms with Gasteiger partial charge in [0.1, 0.15) is 12.2 Å². The van der Waals surface area contributed by atoms with Crippen molar-refractivity contribution >= 4 is 11.6 Å². The molecular weight excluding hydrogens is 307 g/mol. The summed E-state index contributed by atoms with van der Waals surface area (Å²) in [5.74, 6) is -0.0449. The Balaban J connectivity index is 1.77. The number of carbonyl (C=O) groups excluding carboxylic acids is 1. The second-order valence-electron chi connectivity index (χ2n) is 5.61. The number of amides is 1. The Bertz CT molecular complexity index is 698. The molecule has 0 atom stereocenters. The molecule has 122 valence electrons. The summed E-state index contributed by atoms with van der Waals surface area (Å²) in [6.07, 6.45) is -0.881. The molecule has 1 amide bonds. The first-order valence-corrected chi connectivity index (χ1v) is 7.44. The monoisotopic (exact) mass is 323 g/mol. The maximum absolute atomic E-state index is 12.2. The fourth-order valence-corrected chi connectivity index (χ4v) is 2.70. The fourth-order valence-electron chi connectivity index (χ4n) is 2.70. The lowest BCUT2D eigenvalue weighted by Gasteiger charge is -2.11. The normalized spacial score (nSPS) is 14.4. The minimum Gasteiger partial charge on any atom is -0.334 e. The van der Waals surface area contributed by atoms with Gasteiger partial charge in [-0.05, 0) is 25.0 Å². The standard InChI is InChI=1S/C16H16F3N3O/c17-16(18,19)9-15(23)20-12-5-3-4-11(8-12)13-10-22-7-2-1-6-14(22)21-13/h3-5,8,10H,1-2,6-7,9H2,(H,20,23). The molecule has 0 spiro atoms. The Morgan fingerprint density at radius 2 is 2.13 bits per heavy atom.